The molecule has 1 rings (SSSR count). The maximum Gasteiger partial charge on any atom is 0.238 e. The molecule has 0 aliphatic rings. The van der Waals surface area contributed by atoms with Gasteiger partial charge in [0.25, 0.3) is 0 Å². The maximum atomic E-state index is 11.7. The molecule has 0 aliphatic heterocycles. The van der Waals surface area contributed by atoms with Crippen molar-refractivity contribution in [3.63, 3.8) is 0 Å². The summed E-state index contributed by atoms with van der Waals surface area (Å²) in [4.78, 5) is 11.7. The van der Waals surface area contributed by atoms with Crippen LogP contribution in [0.15, 0.2) is 24.3 Å². The van der Waals surface area contributed by atoms with Crippen molar-refractivity contribution in [2.75, 3.05) is 12.0 Å². The van der Waals surface area contributed by atoms with Gasteiger partial charge in [0.1, 0.15) is 5.25 Å². The van der Waals surface area contributed by atoms with E-state index in [1.165, 1.54) is 6.92 Å². The summed E-state index contributed by atoms with van der Waals surface area (Å²) in [5, 5.41) is 1.62. The van der Waals surface area contributed by atoms with Crippen molar-refractivity contribution in [3.8, 4) is 0 Å². The first-order chi connectivity index (χ1) is 8.21. The normalized spacial score (nSPS) is 14.8. The Kier molecular flexibility index (Phi) is 4.34. The van der Waals surface area contributed by atoms with E-state index in [0.717, 1.165) is 11.8 Å². The zero-order valence-electron chi connectivity index (χ0n) is 10.7. The molecular weight excluding hydrogens is 252 g/mol. The van der Waals surface area contributed by atoms with E-state index < -0.39 is 21.0 Å². The van der Waals surface area contributed by atoms with Crippen molar-refractivity contribution in [3.05, 3.63) is 29.8 Å². The molecule has 100 valence electrons. The topological polar surface area (TPSA) is 89.3 Å². The summed E-state index contributed by atoms with van der Waals surface area (Å²) in [6.45, 7) is 3.17. The maximum absolute atomic E-state index is 11.7. The minimum Gasteiger partial charge on any atom is -0.399 e. The van der Waals surface area contributed by atoms with Gasteiger partial charge < -0.3 is 11.1 Å². The molecule has 0 radical (unpaired) electrons. The first kappa shape index (κ1) is 14.5. The number of rotatable bonds is 4. The number of carbonyl (C=O) groups excluding carboxylic acids is 1. The molecule has 0 aromatic heterocycles. The number of nitrogens with two attached hydrogens (primary N) is 1. The van der Waals surface area contributed by atoms with Gasteiger partial charge in [-0.15, -0.1) is 0 Å². The lowest BCUT2D eigenvalue weighted by atomic mass is 10.1. The smallest absolute Gasteiger partial charge is 0.238 e. The Morgan fingerprint density at radius 1 is 1.22 bits per heavy atom. The van der Waals surface area contributed by atoms with E-state index in [1.807, 2.05) is 0 Å². The molecule has 18 heavy (non-hydrogen) atoms. The molecule has 0 heterocycles. The van der Waals surface area contributed by atoms with Gasteiger partial charge in [-0.3, -0.25) is 4.79 Å². The van der Waals surface area contributed by atoms with Crippen LogP contribution in [0, 0.1) is 0 Å². The monoisotopic (exact) mass is 270 g/mol. The molecule has 2 atom stereocenters. The van der Waals surface area contributed by atoms with Crippen molar-refractivity contribution in [1.29, 1.82) is 0 Å². The highest BCUT2D eigenvalue weighted by molar-refractivity contribution is 7.92. The molecule has 1 aromatic carbocycles. The number of nitrogens with one attached hydrogen (secondary N) is 1. The molecule has 0 saturated carbocycles. The average Bonchev–Trinajstić information content (AvgIpc) is 2.27. The van der Waals surface area contributed by atoms with Gasteiger partial charge in [-0.25, -0.2) is 8.42 Å². The summed E-state index contributed by atoms with van der Waals surface area (Å²) in [5.41, 5.74) is 7.08. The van der Waals surface area contributed by atoms with Gasteiger partial charge in [-0.05, 0) is 31.5 Å². The molecule has 0 fully saturated rings. The summed E-state index contributed by atoms with van der Waals surface area (Å²) >= 11 is 0. The van der Waals surface area contributed by atoms with Gasteiger partial charge in [0.05, 0.1) is 6.04 Å². The van der Waals surface area contributed by atoms with Crippen LogP contribution in [0.1, 0.15) is 25.5 Å². The number of nitrogen functional groups attached to an aromatic ring is 1. The van der Waals surface area contributed by atoms with E-state index in [1.54, 1.807) is 31.2 Å². The predicted molar refractivity (Wildman–Crippen MR) is 71.7 cm³/mol. The molecule has 1 aromatic rings. The summed E-state index contributed by atoms with van der Waals surface area (Å²) in [6.07, 6.45) is 1.05. The third kappa shape index (κ3) is 3.73. The minimum absolute atomic E-state index is 0.262. The van der Waals surface area contributed by atoms with Crippen LogP contribution in [0.3, 0.4) is 0 Å². The lowest BCUT2D eigenvalue weighted by molar-refractivity contribution is -0.121. The standard InChI is InChI=1S/C12H18N2O3S/c1-8(10-4-6-11(13)7-5-10)14-12(15)9(2)18(3,16)17/h4-9H,13H2,1-3H3,(H,14,15). The Balaban J connectivity index is 2.74. The number of anilines is 1. The second kappa shape index (κ2) is 5.39. The second-order valence-corrected chi connectivity index (χ2v) is 6.73. The molecule has 5 nitrogen and oxygen atoms in total. The van der Waals surface area contributed by atoms with Gasteiger partial charge >= 0.3 is 0 Å². The molecule has 0 bridgehead atoms. The predicted octanol–water partition coefficient (Wildman–Crippen LogP) is 0.879. The first-order valence-electron chi connectivity index (χ1n) is 5.56. The van der Waals surface area contributed by atoms with Crippen LogP contribution in [-0.4, -0.2) is 25.8 Å². The Hall–Kier alpha value is -1.56. The van der Waals surface area contributed by atoms with Gasteiger partial charge in [0.15, 0.2) is 9.84 Å². The van der Waals surface area contributed by atoms with E-state index in [-0.39, 0.29) is 6.04 Å². The summed E-state index contributed by atoms with van der Waals surface area (Å²) in [5.74, 6) is -0.498. The number of hydrogen-bond acceptors (Lipinski definition) is 4. The Labute approximate surface area is 107 Å². The summed E-state index contributed by atoms with van der Waals surface area (Å²) < 4.78 is 22.5. The molecule has 0 saturated heterocycles. The fourth-order valence-electron chi connectivity index (χ4n) is 1.39. The average molecular weight is 270 g/mol. The van der Waals surface area contributed by atoms with Crippen LogP contribution in [-0.2, 0) is 14.6 Å². The molecule has 0 aliphatic carbocycles. The van der Waals surface area contributed by atoms with E-state index in [2.05, 4.69) is 5.32 Å². The van der Waals surface area contributed by atoms with Crippen LogP contribution in [0.5, 0.6) is 0 Å². The summed E-state index contributed by atoms with van der Waals surface area (Å²) in [6, 6.07) is 6.80. The summed E-state index contributed by atoms with van der Waals surface area (Å²) in [7, 11) is -3.37. The fraction of sp³-hybridized carbons (Fsp3) is 0.417. The fourth-order valence-corrected chi connectivity index (χ4v) is 1.85. The highest BCUT2D eigenvalue weighted by atomic mass is 32.2. The Morgan fingerprint density at radius 3 is 2.17 bits per heavy atom. The largest absolute Gasteiger partial charge is 0.399 e. The van der Waals surface area contributed by atoms with Gasteiger partial charge in [-0.1, -0.05) is 12.1 Å². The third-order valence-corrected chi connectivity index (χ3v) is 4.31. The van der Waals surface area contributed by atoms with Crippen LogP contribution in [0.2, 0.25) is 0 Å². The number of benzene rings is 1. The second-order valence-electron chi connectivity index (χ2n) is 4.37. The van der Waals surface area contributed by atoms with Crippen LogP contribution in [0.25, 0.3) is 0 Å². The SMILES string of the molecule is CC(NC(=O)C(C)S(C)(=O)=O)c1ccc(N)cc1. The van der Waals surface area contributed by atoms with Crippen molar-refractivity contribution < 1.29 is 13.2 Å². The quantitative estimate of drug-likeness (QED) is 0.795. The van der Waals surface area contributed by atoms with E-state index in [9.17, 15) is 13.2 Å². The van der Waals surface area contributed by atoms with Crippen molar-refractivity contribution in [2.24, 2.45) is 0 Å². The number of amides is 1. The van der Waals surface area contributed by atoms with Crippen molar-refractivity contribution in [2.45, 2.75) is 25.1 Å². The number of sulfone groups is 1. The molecule has 3 N–H and O–H groups in total. The number of carbonyl (C=O) groups is 1. The third-order valence-electron chi connectivity index (χ3n) is 2.81. The molecular formula is C12H18N2O3S. The highest BCUT2D eigenvalue weighted by Gasteiger charge is 2.24. The number of hydrogen-bond donors (Lipinski definition) is 2. The van der Waals surface area contributed by atoms with Gasteiger partial charge in [0, 0.05) is 11.9 Å². The van der Waals surface area contributed by atoms with Crippen LogP contribution < -0.4 is 11.1 Å². The minimum atomic E-state index is -3.37. The van der Waals surface area contributed by atoms with Gasteiger partial charge in [0.2, 0.25) is 5.91 Å². The van der Waals surface area contributed by atoms with E-state index in [4.69, 9.17) is 5.73 Å². The molecule has 2 unspecified atom stereocenters. The lowest BCUT2D eigenvalue weighted by Gasteiger charge is -2.17. The van der Waals surface area contributed by atoms with Crippen LogP contribution in [0.4, 0.5) is 5.69 Å². The molecule has 6 heteroatoms. The van der Waals surface area contributed by atoms with E-state index in [0.29, 0.717) is 5.69 Å². The lowest BCUT2D eigenvalue weighted by Crippen LogP contribution is -2.38. The Bertz CT molecular complexity index is 523. The van der Waals surface area contributed by atoms with Crippen molar-refractivity contribution >= 4 is 21.4 Å². The molecule has 1 amide bonds. The first-order valence-corrected chi connectivity index (χ1v) is 7.52. The van der Waals surface area contributed by atoms with Gasteiger partial charge in [-0.2, -0.15) is 0 Å². The van der Waals surface area contributed by atoms with Crippen LogP contribution >= 0.6 is 0 Å². The Morgan fingerprint density at radius 2 is 1.72 bits per heavy atom. The zero-order valence-corrected chi connectivity index (χ0v) is 11.5. The van der Waals surface area contributed by atoms with Crippen molar-refractivity contribution in [1.82, 2.24) is 5.32 Å². The highest BCUT2D eigenvalue weighted by Crippen LogP contribution is 2.14. The zero-order chi connectivity index (χ0) is 13.9. The molecule has 0 spiro atoms. The van der Waals surface area contributed by atoms with E-state index >= 15 is 0 Å².